The molecule has 0 radical (unpaired) electrons. The minimum atomic E-state index is -0.603. The van der Waals surface area contributed by atoms with Gasteiger partial charge in [-0.1, -0.05) is 16.8 Å². The predicted octanol–water partition coefficient (Wildman–Crippen LogP) is 3.76. The van der Waals surface area contributed by atoms with E-state index < -0.39 is 5.97 Å². The first kappa shape index (κ1) is 17.8. The second-order valence-electron chi connectivity index (χ2n) is 5.16. The molecule has 0 aliphatic rings. The third-order valence-corrected chi connectivity index (χ3v) is 3.76. The van der Waals surface area contributed by atoms with Crippen LogP contribution in [0.15, 0.2) is 47.0 Å². The van der Waals surface area contributed by atoms with Gasteiger partial charge < -0.3 is 18.7 Å². The van der Waals surface area contributed by atoms with Crippen LogP contribution in [-0.2, 0) is 11.3 Å². The van der Waals surface area contributed by atoms with Crippen LogP contribution in [0.2, 0.25) is 5.02 Å². The predicted molar refractivity (Wildman–Crippen MR) is 93.4 cm³/mol. The summed E-state index contributed by atoms with van der Waals surface area (Å²) in [5, 5.41) is 4.28. The Hall–Kier alpha value is -3.06. The molecule has 0 saturated heterocycles. The van der Waals surface area contributed by atoms with Crippen molar-refractivity contribution in [3.8, 4) is 22.9 Å². The average molecular weight is 375 g/mol. The zero-order valence-corrected chi connectivity index (χ0v) is 14.8. The Morgan fingerprint density at radius 1 is 1.12 bits per heavy atom. The highest BCUT2D eigenvalue weighted by Gasteiger charge is 2.16. The van der Waals surface area contributed by atoms with Gasteiger partial charge in [-0.3, -0.25) is 0 Å². The second-order valence-corrected chi connectivity index (χ2v) is 5.60. The monoisotopic (exact) mass is 374 g/mol. The lowest BCUT2D eigenvalue weighted by atomic mass is 10.2. The molecular formula is C18H15ClN2O5. The number of halogens is 1. The number of methoxy groups -OCH3 is 2. The van der Waals surface area contributed by atoms with Crippen molar-refractivity contribution in [2.75, 3.05) is 14.2 Å². The molecule has 0 atom stereocenters. The van der Waals surface area contributed by atoms with Gasteiger partial charge in [0.1, 0.15) is 17.1 Å². The molecule has 3 aromatic rings. The number of rotatable bonds is 6. The van der Waals surface area contributed by atoms with Crippen molar-refractivity contribution in [3.05, 3.63) is 58.9 Å². The second kappa shape index (κ2) is 7.88. The summed E-state index contributed by atoms with van der Waals surface area (Å²) >= 11 is 5.91. The molecule has 1 aromatic heterocycles. The Bertz CT molecular complexity index is 908. The maximum absolute atomic E-state index is 12.2. The molecule has 0 unspecified atom stereocenters. The molecule has 0 saturated carbocycles. The van der Waals surface area contributed by atoms with E-state index in [0.717, 1.165) is 11.3 Å². The van der Waals surface area contributed by atoms with E-state index in [4.69, 9.17) is 30.3 Å². The lowest BCUT2D eigenvalue weighted by molar-refractivity contribution is 0.0426. The zero-order chi connectivity index (χ0) is 18.5. The molecule has 7 nitrogen and oxygen atoms in total. The van der Waals surface area contributed by atoms with E-state index >= 15 is 0 Å². The molecule has 0 spiro atoms. The van der Waals surface area contributed by atoms with E-state index in [2.05, 4.69) is 10.1 Å². The third kappa shape index (κ3) is 3.94. The molecule has 1 heterocycles. The van der Waals surface area contributed by atoms with Gasteiger partial charge in [-0.25, -0.2) is 4.79 Å². The molecule has 0 N–H and O–H groups in total. The molecule has 0 aliphatic heterocycles. The smallest absolute Gasteiger partial charge is 0.342 e. The van der Waals surface area contributed by atoms with Crippen LogP contribution in [-0.4, -0.2) is 30.3 Å². The fourth-order valence-electron chi connectivity index (χ4n) is 2.22. The summed E-state index contributed by atoms with van der Waals surface area (Å²) in [4.78, 5) is 16.4. The Balaban J connectivity index is 1.68. The highest BCUT2D eigenvalue weighted by Crippen LogP contribution is 2.24. The van der Waals surface area contributed by atoms with Crippen molar-refractivity contribution >= 4 is 17.6 Å². The first-order chi connectivity index (χ1) is 12.6. The largest absolute Gasteiger partial charge is 0.497 e. The number of carbonyl (C=O) groups excluding carboxylic acids is 1. The van der Waals surface area contributed by atoms with E-state index in [1.807, 2.05) is 0 Å². The number of hydrogen-bond acceptors (Lipinski definition) is 7. The van der Waals surface area contributed by atoms with Gasteiger partial charge in [0.2, 0.25) is 5.82 Å². The minimum absolute atomic E-state index is 0.169. The van der Waals surface area contributed by atoms with Crippen LogP contribution in [0.1, 0.15) is 16.2 Å². The molecule has 2 aromatic carbocycles. The number of ether oxygens (including phenoxy) is 3. The van der Waals surface area contributed by atoms with Crippen LogP contribution in [0, 0.1) is 0 Å². The molecule has 26 heavy (non-hydrogen) atoms. The highest BCUT2D eigenvalue weighted by atomic mass is 35.5. The van der Waals surface area contributed by atoms with Crippen LogP contribution in [0.25, 0.3) is 11.4 Å². The lowest BCUT2D eigenvalue weighted by Gasteiger charge is -2.07. The SMILES string of the molecule is COc1ccc(-c2noc(COC(=O)c3cc(Cl)ccc3OC)n2)cc1. The molecule has 0 fully saturated rings. The first-order valence-electron chi connectivity index (χ1n) is 7.58. The van der Waals surface area contributed by atoms with E-state index in [1.165, 1.54) is 13.2 Å². The summed E-state index contributed by atoms with van der Waals surface area (Å²) in [6.07, 6.45) is 0. The van der Waals surface area contributed by atoms with Crippen LogP contribution >= 0.6 is 11.6 Å². The van der Waals surface area contributed by atoms with Gasteiger partial charge in [0.25, 0.3) is 5.89 Å². The van der Waals surface area contributed by atoms with E-state index in [-0.39, 0.29) is 18.1 Å². The number of aromatic nitrogens is 2. The lowest BCUT2D eigenvalue weighted by Crippen LogP contribution is -2.07. The van der Waals surface area contributed by atoms with Crippen molar-refractivity contribution in [1.82, 2.24) is 10.1 Å². The molecule has 0 aliphatic carbocycles. The fraction of sp³-hybridized carbons (Fsp3) is 0.167. The number of benzene rings is 2. The Kier molecular flexibility index (Phi) is 5.38. The van der Waals surface area contributed by atoms with Gasteiger partial charge in [0.15, 0.2) is 6.61 Å². The summed E-state index contributed by atoms with van der Waals surface area (Å²) in [5.41, 5.74) is 0.971. The third-order valence-electron chi connectivity index (χ3n) is 3.52. The van der Waals surface area contributed by atoms with E-state index in [1.54, 1.807) is 43.5 Å². The van der Waals surface area contributed by atoms with Crippen molar-refractivity contribution in [2.45, 2.75) is 6.61 Å². The van der Waals surface area contributed by atoms with Crippen LogP contribution in [0.3, 0.4) is 0 Å². The van der Waals surface area contributed by atoms with Gasteiger partial charge in [-0.05, 0) is 42.5 Å². The molecule has 0 amide bonds. The van der Waals surface area contributed by atoms with Crippen LogP contribution in [0.4, 0.5) is 0 Å². The quantitative estimate of drug-likeness (QED) is 0.607. The Morgan fingerprint density at radius 3 is 2.58 bits per heavy atom. The van der Waals surface area contributed by atoms with Gasteiger partial charge in [-0.15, -0.1) is 0 Å². The molecule has 3 rings (SSSR count). The van der Waals surface area contributed by atoms with Gasteiger partial charge >= 0.3 is 5.97 Å². The standard InChI is InChI=1S/C18H15ClN2O5/c1-23-13-6-3-11(4-7-13)17-20-16(26-21-17)10-25-18(22)14-9-12(19)5-8-15(14)24-2/h3-9H,10H2,1-2H3. The average Bonchev–Trinajstić information content (AvgIpc) is 3.15. The van der Waals surface area contributed by atoms with Crippen LogP contribution < -0.4 is 9.47 Å². The summed E-state index contributed by atoms with van der Waals surface area (Å²) < 4.78 is 20.6. The summed E-state index contributed by atoms with van der Waals surface area (Å²) in [6, 6.07) is 11.9. The molecular weight excluding hydrogens is 360 g/mol. The first-order valence-corrected chi connectivity index (χ1v) is 7.96. The normalized spacial score (nSPS) is 10.4. The topological polar surface area (TPSA) is 83.7 Å². The van der Waals surface area contributed by atoms with Crippen molar-refractivity contribution in [2.24, 2.45) is 0 Å². The molecule has 134 valence electrons. The molecule has 8 heteroatoms. The van der Waals surface area contributed by atoms with Gasteiger partial charge in [0.05, 0.1) is 14.2 Å². The number of carbonyl (C=O) groups is 1. The minimum Gasteiger partial charge on any atom is -0.497 e. The van der Waals surface area contributed by atoms with Crippen molar-refractivity contribution in [3.63, 3.8) is 0 Å². The maximum atomic E-state index is 12.2. The Morgan fingerprint density at radius 2 is 1.88 bits per heavy atom. The zero-order valence-electron chi connectivity index (χ0n) is 14.1. The van der Waals surface area contributed by atoms with Gasteiger partial charge in [0, 0.05) is 10.6 Å². The number of nitrogens with zero attached hydrogens (tertiary/aromatic N) is 2. The summed E-state index contributed by atoms with van der Waals surface area (Å²) in [7, 11) is 3.05. The van der Waals surface area contributed by atoms with Crippen molar-refractivity contribution in [1.29, 1.82) is 0 Å². The highest BCUT2D eigenvalue weighted by molar-refractivity contribution is 6.31. The number of esters is 1. The molecule has 0 bridgehead atoms. The van der Waals surface area contributed by atoms with E-state index in [0.29, 0.717) is 16.6 Å². The number of hydrogen-bond donors (Lipinski definition) is 0. The van der Waals surface area contributed by atoms with Crippen molar-refractivity contribution < 1.29 is 23.5 Å². The summed E-state index contributed by atoms with van der Waals surface area (Å²) in [5.74, 6) is 1.04. The summed E-state index contributed by atoms with van der Waals surface area (Å²) in [6.45, 7) is -0.169. The van der Waals surface area contributed by atoms with Crippen LogP contribution in [0.5, 0.6) is 11.5 Å². The van der Waals surface area contributed by atoms with E-state index in [9.17, 15) is 4.79 Å². The van der Waals surface area contributed by atoms with Gasteiger partial charge in [-0.2, -0.15) is 4.98 Å². The fourth-order valence-corrected chi connectivity index (χ4v) is 2.39. The Labute approximate surface area is 154 Å². The maximum Gasteiger partial charge on any atom is 0.342 e.